The van der Waals surface area contributed by atoms with Crippen molar-refractivity contribution in [2.24, 2.45) is 0 Å². The van der Waals surface area contributed by atoms with Crippen LogP contribution in [-0.4, -0.2) is 44.8 Å². The average molecular weight is 451 g/mol. The van der Waals surface area contributed by atoms with Crippen molar-refractivity contribution in [1.82, 2.24) is 9.88 Å². The molecular formula is C26H27ClN2O3. The highest BCUT2D eigenvalue weighted by molar-refractivity contribution is 5.85. The maximum absolute atomic E-state index is 12.6. The zero-order valence-electron chi connectivity index (χ0n) is 18.0. The van der Waals surface area contributed by atoms with E-state index in [-0.39, 0.29) is 30.3 Å². The monoisotopic (exact) mass is 450 g/mol. The fraction of sp³-hybridized carbons (Fsp3) is 0.423. The second-order valence-corrected chi connectivity index (χ2v) is 9.75. The van der Waals surface area contributed by atoms with Gasteiger partial charge in [-0.25, -0.2) is 4.98 Å². The largest absolute Gasteiger partial charge is 0.504 e. The van der Waals surface area contributed by atoms with Crippen LogP contribution < -0.4 is 4.74 Å². The van der Waals surface area contributed by atoms with Crippen LogP contribution in [0.25, 0.3) is 10.9 Å². The van der Waals surface area contributed by atoms with Gasteiger partial charge < -0.3 is 14.9 Å². The third-order valence-corrected chi connectivity index (χ3v) is 8.38. The van der Waals surface area contributed by atoms with Gasteiger partial charge in [0.05, 0.1) is 22.2 Å². The lowest BCUT2D eigenvalue weighted by molar-refractivity contribution is -0.172. The van der Waals surface area contributed by atoms with Gasteiger partial charge in [0.25, 0.3) is 0 Å². The normalized spacial score (nSPS) is 31.4. The number of benzene rings is 2. The van der Waals surface area contributed by atoms with Crippen molar-refractivity contribution in [2.45, 2.75) is 55.8 Å². The number of halogens is 1. The van der Waals surface area contributed by atoms with Crippen LogP contribution in [0.4, 0.5) is 0 Å². The summed E-state index contributed by atoms with van der Waals surface area (Å²) in [5.74, 6) is 0.729. The minimum atomic E-state index is -0.950. The number of nitrogens with zero attached hydrogens (tertiary/aromatic N) is 2. The van der Waals surface area contributed by atoms with Gasteiger partial charge in [-0.1, -0.05) is 31.2 Å². The number of para-hydroxylation sites is 1. The number of aromatic hydroxyl groups is 1. The van der Waals surface area contributed by atoms with E-state index in [1.54, 1.807) is 6.07 Å². The Labute approximate surface area is 193 Å². The SMILES string of the molecule is CCCN1CC[C@]23c4c5ccc(O)c4O[C@H]2c2nc4ccccc4cc2C[C@@]3(O)[C@H]1C5.Cl. The summed E-state index contributed by atoms with van der Waals surface area (Å²) in [6.07, 6.45) is 2.85. The Kier molecular flexibility index (Phi) is 4.18. The summed E-state index contributed by atoms with van der Waals surface area (Å²) in [5, 5.41) is 24.4. The van der Waals surface area contributed by atoms with Crippen LogP contribution in [0.2, 0.25) is 0 Å². The van der Waals surface area contributed by atoms with E-state index in [4.69, 9.17) is 9.72 Å². The first-order chi connectivity index (χ1) is 15.1. The Bertz CT molecular complexity index is 1260. The van der Waals surface area contributed by atoms with E-state index in [1.807, 2.05) is 24.3 Å². The highest BCUT2D eigenvalue weighted by Crippen LogP contribution is 2.68. The van der Waals surface area contributed by atoms with E-state index in [0.29, 0.717) is 12.2 Å². The number of aromatic nitrogens is 1. The van der Waals surface area contributed by atoms with Crippen molar-refractivity contribution >= 4 is 23.3 Å². The van der Waals surface area contributed by atoms with Crippen molar-refractivity contribution in [2.75, 3.05) is 13.1 Å². The molecule has 2 bridgehead atoms. The van der Waals surface area contributed by atoms with E-state index in [2.05, 4.69) is 24.0 Å². The number of hydrogen-bond donors (Lipinski definition) is 2. The van der Waals surface area contributed by atoms with Crippen LogP contribution in [-0.2, 0) is 18.3 Å². The summed E-state index contributed by atoms with van der Waals surface area (Å²) in [7, 11) is 0. The quantitative estimate of drug-likeness (QED) is 0.616. The molecule has 5 nitrogen and oxygen atoms in total. The number of piperidine rings is 1. The summed E-state index contributed by atoms with van der Waals surface area (Å²) >= 11 is 0. The van der Waals surface area contributed by atoms with Gasteiger partial charge in [0.15, 0.2) is 17.6 Å². The predicted molar refractivity (Wildman–Crippen MR) is 125 cm³/mol. The van der Waals surface area contributed by atoms with Crippen molar-refractivity contribution in [3.8, 4) is 11.5 Å². The highest BCUT2D eigenvalue weighted by Gasteiger charge is 2.72. The van der Waals surface area contributed by atoms with Crippen LogP contribution in [0.1, 0.15) is 48.3 Å². The van der Waals surface area contributed by atoms with Crippen molar-refractivity contribution in [3.63, 3.8) is 0 Å². The number of phenols is 1. The molecule has 2 aromatic carbocycles. The molecule has 2 N–H and O–H groups in total. The average Bonchev–Trinajstić information content (AvgIpc) is 3.12. The molecule has 6 heteroatoms. The first kappa shape index (κ1) is 20.3. The fourth-order valence-corrected chi connectivity index (χ4v) is 7.19. The molecular weight excluding hydrogens is 424 g/mol. The Morgan fingerprint density at radius 3 is 2.88 bits per heavy atom. The van der Waals surface area contributed by atoms with Gasteiger partial charge in [-0.2, -0.15) is 0 Å². The van der Waals surface area contributed by atoms with Crippen molar-refractivity contribution < 1.29 is 14.9 Å². The first-order valence-electron chi connectivity index (χ1n) is 11.4. The van der Waals surface area contributed by atoms with Gasteiger partial charge in [0, 0.05) is 23.4 Å². The van der Waals surface area contributed by atoms with Gasteiger partial charge in [0.2, 0.25) is 0 Å². The van der Waals surface area contributed by atoms with Crippen LogP contribution >= 0.6 is 12.4 Å². The molecule has 7 rings (SSSR count). The maximum atomic E-state index is 12.6. The molecule has 1 fully saturated rings. The second-order valence-electron chi connectivity index (χ2n) is 9.75. The fourth-order valence-electron chi connectivity index (χ4n) is 7.19. The lowest BCUT2D eigenvalue weighted by Gasteiger charge is -2.62. The molecule has 2 aliphatic carbocycles. The second kappa shape index (κ2) is 6.60. The van der Waals surface area contributed by atoms with Crippen LogP contribution in [0, 0.1) is 0 Å². The molecule has 1 aromatic heterocycles. The molecule has 0 radical (unpaired) electrons. The Morgan fingerprint density at radius 2 is 2.03 bits per heavy atom. The van der Waals surface area contributed by atoms with Crippen molar-refractivity contribution in [3.05, 3.63) is 64.8 Å². The Balaban J connectivity index is 0.00000196. The summed E-state index contributed by atoms with van der Waals surface area (Å²) in [6, 6.07) is 14.2. The number of likely N-dealkylation sites (tertiary alicyclic amines) is 1. The maximum Gasteiger partial charge on any atom is 0.166 e. The zero-order valence-corrected chi connectivity index (χ0v) is 18.9. The minimum absolute atomic E-state index is 0. The molecule has 1 saturated heterocycles. The number of pyridine rings is 1. The smallest absolute Gasteiger partial charge is 0.166 e. The number of rotatable bonds is 2. The third-order valence-electron chi connectivity index (χ3n) is 8.38. The predicted octanol–water partition coefficient (Wildman–Crippen LogP) is 4.06. The molecule has 166 valence electrons. The summed E-state index contributed by atoms with van der Waals surface area (Å²) in [5.41, 5.74) is 3.67. The van der Waals surface area contributed by atoms with Gasteiger partial charge in [-0.15, -0.1) is 12.4 Å². The lowest BCUT2D eigenvalue weighted by Crippen LogP contribution is -2.74. The Morgan fingerprint density at radius 1 is 1.19 bits per heavy atom. The number of fused-ring (bicyclic) bond motifs is 3. The molecule has 2 aliphatic heterocycles. The van der Waals surface area contributed by atoms with Crippen molar-refractivity contribution in [1.29, 1.82) is 0 Å². The third kappa shape index (κ3) is 2.19. The van der Waals surface area contributed by atoms with E-state index >= 15 is 0 Å². The molecule has 4 aliphatic rings. The highest BCUT2D eigenvalue weighted by atomic mass is 35.5. The molecule has 4 atom stereocenters. The van der Waals surface area contributed by atoms with E-state index < -0.39 is 11.0 Å². The van der Waals surface area contributed by atoms with Gasteiger partial charge in [-0.3, -0.25) is 4.90 Å². The summed E-state index contributed by atoms with van der Waals surface area (Å²) < 4.78 is 6.55. The summed E-state index contributed by atoms with van der Waals surface area (Å²) in [4.78, 5) is 7.54. The minimum Gasteiger partial charge on any atom is -0.504 e. The number of ether oxygens (including phenoxy) is 1. The molecule has 32 heavy (non-hydrogen) atoms. The van der Waals surface area contributed by atoms with E-state index in [1.165, 1.54) is 5.56 Å². The molecule has 0 amide bonds. The number of hydrogen-bond acceptors (Lipinski definition) is 5. The number of aliphatic hydroxyl groups is 1. The lowest BCUT2D eigenvalue weighted by atomic mass is 9.49. The standard InChI is InChI=1S/C26H26N2O3.ClH/c1-2-10-28-11-9-25-21-16-7-8-19(29)23(21)31-24(25)22-17(14-26(25,30)20(28)13-16)12-15-5-3-4-6-18(15)27-22;/h3-8,12,20,24,29-30H,2,9-11,13-14H2,1H3;1H/t20-,24+,25+,26-;/m1./s1. The van der Waals surface area contributed by atoms with Crippen LogP contribution in [0.3, 0.4) is 0 Å². The van der Waals surface area contributed by atoms with E-state index in [0.717, 1.165) is 60.1 Å². The van der Waals surface area contributed by atoms with Crippen LogP contribution in [0.15, 0.2) is 42.5 Å². The Hall–Kier alpha value is -2.34. The molecule has 1 spiro atoms. The number of phenolic OH excluding ortho intramolecular Hbond substituents is 1. The molecule has 3 heterocycles. The van der Waals surface area contributed by atoms with Gasteiger partial charge in [-0.05, 0) is 61.7 Å². The molecule has 3 aromatic rings. The first-order valence-corrected chi connectivity index (χ1v) is 11.4. The summed E-state index contributed by atoms with van der Waals surface area (Å²) in [6.45, 7) is 4.12. The molecule has 0 unspecified atom stereocenters. The van der Waals surface area contributed by atoms with E-state index in [9.17, 15) is 10.2 Å². The van der Waals surface area contributed by atoms with Crippen LogP contribution in [0.5, 0.6) is 11.5 Å². The van der Waals surface area contributed by atoms with Gasteiger partial charge in [0.1, 0.15) is 0 Å². The topological polar surface area (TPSA) is 65.8 Å². The zero-order chi connectivity index (χ0) is 21.0. The van der Waals surface area contributed by atoms with Gasteiger partial charge >= 0.3 is 0 Å². The molecule has 0 saturated carbocycles.